The van der Waals surface area contributed by atoms with Gasteiger partial charge in [0.15, 0.2) is 0 Å². The molecule has 1 heterocycles. The standard InChI is InChI=1S/C20H31N7O11/c1-8(30)15(27-16(33)10(21)5-28)19(36)25-12(3-14(31)32)18(35)24-11(2-9-4-22-7-23-9)17(34)26-13(6-29)20(37)38/h4,7-8,10-13,15,28-30H,2-3,5-6,21H2,1H3,(H,22,23)(H,24,35)(H,25,36)(H,26,34)(H,27,33)(H,31,32)(H,37,38)/t8-,10+,11+,12+,13+,15+/m1/s1. The summed E-state index contributed by atoms with van der Waals surface area (Å²) >= 11 is 0. The molecular weight excluding hydrogens is 514 g/mol. The summed E-state index contributed by atoms with van der Waals surface area (Å²) in [5.74, 6) is -7.52. The number of nitrogens with two attached hydrogens (primary N) is 1. The van der Waals surface area contributed by atoms with Gasteiger partial charge in [0.25, 0.3) is 0 Å². The second-order valence-electron chi connectivity index (χ2n) is 8.10. The highest BCUT2D eigenvalue weighted by molar-refractivity contribution is 5.97. The van der Waals surface area contributed by atoms with Crippen molar-refractivity contribution in [3.63, 3.8) is 0 Å². The number of carboxylic acid groups (broad SMARTS) is 2. The van der Waals surface area contributed by atoms with Gasteiger partial charge in [-0.15, -0.1) is 0 Å². The van der Waals surface area contributed by atoms with Crippen molar-refractivity contribution in [2.45, 2.75) is 56.1 Å². The first-order chi connectivity index (χ1) is 17.8. The van der Waals surface area contributed by atoms with Crippen LogP contribution in [0.25, 0.3) is 0 Å². The van der Waals surface area contributed by atoms with E-state index in [1.54, 1.807) is 0 Å². The molecule has 18 heteroatoms. The molecule has 0 saturated carbocycles. The third-order valence-corrected chi connectivity index (χ3v) is 5.02. The first-order valence-corrected chi connectivity index (χ1v) is 11.1. The number of H-pyrrole nitrogens is 1. The molecule has 0 radical (unpaired) electrons. The highest BCUT2D eigenvalue weighted by Crippen LogP contribution is 2.04. The van der Waals surface area contributed by atoms with Crippen LogP contribution in [0.1, 0.15) is 19.0 Å². The van der Waals surface area contributed by atoms with Gasteiger partial charge < -0.3 is 57.5 Å². The Balaban J connectivity index is 3.13. The van der Waals surface area contributed by atoms with Crippen molar-refractivity contribution in [3.8, 4) is 0 Å². The van der Waals surface area contributed by atoms with Crippen molar-refractivity contribution >= 4 is 35.6 Å². The van der Waals surface area contributed by atoms with Crippen molar-refractivity contribution in [3.05, 3.63) is 18.2 Å². The normalized spacial score (nSPS) is 15.6. The lowest BCUT2D eigenvalue weighted by atomic mass is 10.1. The molecule has 0 bridgehead atoms. The SMILES string of the molecule is C[C@@H](O)[C@H](NC(=O)[C@@H](N)CO)C(=O)N[C@@H](CC(=O)O)C(=O)N[C@@H](Cc1cnc[nH]1)C(=O)N[C@@H](CO)C(=O)O. The number of imidazole rings is 1. The zero-order valence-electron chi connectivity index (χ0n) is 20.2. The van der Waals surface area contributed by atoms with Crippen LogP contribution in [0.2, 0.25) is 0 Å². The maximum absolute atomic E-state index is 13.0. The van der Waals surface area contributed by atoms with Gasteiger partial charge in [-0.05, 0) is 6.92 Å². The minimum atomic E-state index is -1.82. The average molecular weight is 546 g/mol. The van der Waals surface area contributed by atoms with Gasteiger partial charge >= 0.3 is 11.9 Å². The predicted octanol–water partition coefficient (Wildman–Crippen LogP) is -5.86. The molecule has 0 aliphatic rings. The lowest BCUT2D eigenvalue weighted by Crippen LogP contribution is -2.61. The van der Waals surface area contributed by atoms with Crippen LogP contribution >= 0.6 is 0 Å². The third-order valence-electron chi connectivity index (χ3n) is 5.02. The summed E-state index contributed by atoms with van der Waals surface area (Å²) in [6.45, 7) is -0.620. The maximum Gasteiger partial charge on any atom is 0.328 e. The molecule has 1 aromatic rings. The number of aromatic nitrogens is 2. The summed E-state index contributed by atoms with van der Waals surface area (Å²) in [6, 6.07) is -8.18. The fraction of sp³-hybridized carbons (Fsp3) is 0.550. The summed E-state index contributed by atoms with van der Waals surface area (Å²) in [5.41, 5.74) is 5.68. The first-order valence-electron chi connectivity index (χ1n) is 11.1. The number of rotatable bonds is 16. The number of hydrogen-bond donors (Lipinski definition) is 11. The van der Waals surface area contributed by atoms with Gasteiger partial charge in [0.05, 0.1) is 32.1 Å². The molecule has 0 saturated heterocycles. The molecule has 38 heavy (non-hydrogen) atoms. The minimum absolute atomic E-state index is 0.269. The molecule has 1 aromatic heterocycles. The summed E-state index contributed by atoms with van der Waals surface area (Å²) < 4.78 is 0. The van der Waals surface area contributed by atoms with Crippen molar-refractivity contribution in [1.82, 2.24) is 31.2 Å². The lowest BCUT2D eigenvalue weighted by molar-refractivity contribution is -0.144. The number of carboxylic acids is 2. The molecule has 0 spiro atoms. The third kappa shape index (κ3) is 10.1. The van der Waals surface area contributed by atoms with Crippen LogP contribution in [0.15, 0.2) is 12.5 Å². The monoisotopic (exact) mass is 545 g/mol. The van der Waals surface area contributed by atoms with E-state index in [-0.39, 0.29) is 6.42 Å². The van der Waals surface area contributed by atoms with E-state index >= 15 is 0 Å². The quantitative estimate of drug-likeness (QED) is 0.0923. The number of carbonyl (C=O) groups excluding carboxylic acids is 4. The number of nitrogens with one attached hydrogen (secondary N) is 5. The van der Waals surface area contributed by atoms with Gasteiger partial charge in [-0.2, -0.15) is 0 Å². The average Bonchev–Trinajstić information content (AvgIpc) is 3.36. The lowest BCUT2D eigenvalue weighted by Gasteiger charge is -2.26. The summed E-state index contributed by atoms with van der Waals surface area (Å²) in [4.78, 5) is 79.3. The van der Waals surface area contributed by atoms with Crippen molar-refractivity contribution in [2.75, 3.05) is 13.2 Å². The van der Waals surface area contributed by atoms with E-state index in [1.165, 1.54) is 12.5 Å². The molecule has 1 rings (SSSR count). The minimum Gasteiger partial charge on any atom is -0.481 e. The van der Waals surface area contributed by atoms with Gasteiger partial charge in [0, 0.05) is 18.3 Å². The number of nitrogens with zero attached hydrogens (tertiary/aromatic N) is 1. The molecule has 0 aliphatic heterocycles. The number of aliphatic carboxylic acids is 2. The molecule has 0 fully saturated rings. The number of carbonyl (C=O) groups is 6. The van der Waals surface area contributed by atoms with Crippen LogP contribution in [0.3, 0.4) is 0 Å². The van der Waals surface area contributed by atoms with E-state index in [0.29, 0.717) is 5.69 Å². The van der Waals surface area contributed by atoms with Crippen LogP contribution in [0, 0.1) is 0 Å². The van der Waals surface area contributed by atoms with Crippen molar-refractivity contribution in [1.29, 1.82) is 0 Å². The highest BCUT2D eigenvalue weighted by Gasteiger charge is 2.34. The van der Waals surface area contributed by atoms with Crippen LogP contribution in [0.5, 0.6) is 0 Å². The van der Waals surface area contributed by atoms with Crippen molar-refractivity contribution < 1.29 is 54.3 Å². The van der Waals surface area contributed by atoms with E-state index in [9.17, 15) is 44.1 Å². The summed E-state index contributed by atoms with van der Waals surface area (Å²) in [7, 11) is 0. The molecule has 6 atom stereocenters. The van der Waals surface area contributed by atoms with Crippen LogP contribution < -0.4 is 27.0 Å². The number of aliphatic hydroxyl groups excluding tert-OH is 3. The molecule has 18 nitrogen and oxygen atoms in total. The summed E-state index contributed by atoms with van der Waals surface area (Å²) in [6.07, 6.45) is -0.226. The van der Waals surface area contributed by atoms with Gasteiger partial charge in [-0.3, -0.25) is 24.0 Å². The Morgan fingerprint density at radius 3 is 1.95 bits per heavy atom. The zero-order valence-corrected chi connectivity index (χ0v) is 20.2. The molecule has 0 aliphatic carbocycles. The Morgan fingerprint density at radius 2 is 1.47 bits per heavy atom. The zero-order chi connectivity index (χ0) is 29.0. The molecular formula is C20H31N7O11. The Labute approximate surface area is 215 Å². The van der Waals surface area contributed by atoms with Crippen molar-refractivity contribution in [2.24, 2.45) is 5.73 Å². The van der Waals surface area contributed by atoms with E-state index < -0.39 is 91.5 Å². The number of aromatic amines is 1. The molecule has 12 N–H and O–H groups in total. The number of hydrogen-bond acceptors (Lipinski definition) is 11. The Morgan fingerprint density at radius 1 is 0.895 bits per heavy atom. The highest BCUT2D eigenvalue weighted by atomic mass is 16.4. The van der Waals surface area contributed by atoms with E-state index in [2.05, 4.69) is 25.9 Å². The van der Waals surface area contributed by atoms with Gasteiger partial charge in [-0.25, -0.2) is 9.78 Å². The topological polar surface area (TPSA) is 306 Å². The first kappa shape index (κ1) is 31.9. The fourth-order valence-corrected chi connectivity index (χ4v) is 2.95. The summed E-state index contributed by atoms with van der Waals surface area (Å²) in [5, 5.41) is 54.7. The smallest absolute Gasteiger partial charge is 0.328 e. The van der Waals surface area contributed by atoms with E-state index in [4.69, 9.17) is 15.9 Å². The van der Waals surface area contributed by atoms with Gasteiger partial charge in [0.1, 0.15) is 30.2 Å². The molecule has 212 valence electrons. The Hall–Kier alpha value is -4.13. The van der Waals surface area contributed by atoms with E-state index in [0.717, 1.165) is 6.92 Å². The molecule has 4 amide bonds. The van der Waals surface area contributed by atoms with Gasteiger partial charge in [-0.1, -0.05) is 0 Å². The van der Waals surface area contributed by atoms with E-state index in [1.807, 2.05) is 5.32 Å². The predicted molar refractivity (Wildman–Crippen MR) is 124 cm³/mol. The second kappa shape index (κ2) is 15.2. The Kier molecular flexibility index (Phi) is 12.8. The molecule has 0 unspecified atom stereocenters. The number of amides is 4. The number of aliphatic hydroxyl groups is 3. The van der Waals surface area contributed by atoms with Gasteiger partial charge in [0.2, 0.25) is 23.6 Å². The van der Waals surface area contributed by atoms with Crippen LogP contribution in [-0.2, 0) is 35.2 Å². The fourth-order valence-electron chi connectivity index (χ4n) is 2.95. The molecule has 0 aromatic carbocycles. The van der Waals surface area contributed by atoms with Crippen LogP contribution in [0.4, 0.5) is 0 Å². The second-order valence-corrected chi connectivity index (χ2v) is 8.10. The largest absolute Gasteiger partial charge is 0.481 e. The Bertz CT molecular complexity index is 986. The maximum atomic E-state index is 13.0. The van der Waals surface area contributed by atoms with Crippen LogP contribution in [-0.4, -0.2) is 121 Å².